The van der Waals surface area contributed by atoms with Crippen molar-refractivity contribution in [1.82, 2.24) is 20.1 Å². The molecule has 4 heteroatoms. The predicted octanol–water partition coefficient (Wildman–Crippen LogP) is 2.60. The molecule has 2 fully saturated rings. The molecule has 3 atom stereocenters. The topological polar surface area (TPSA) is 42.7 Å². The molecule has 0 bridgehead atoms. The Labute approximate surface area is 125 Å². The van der Waals surface area contributed by atoms with Gasteiger partial charge in [0.1, 0.15) is 12.7 Å². The maximum Gasteiger partial charge on any atom is 0.137 e. The maximum atomic E-state index is 4.14. The Morgan fingerprint density at radius 3 is 2.81 bits per heavy atom. The number of nitrogens with zero attached hydrogens (tertiary/aromatic N) is 3. The highest BCUT2D eigenvalue weighted by Gasteiger charge is 2.44. The van der Waals surface area contributed by atoms with E-state index in [1.54, 1.807) is 12.7 Å². The van der Waals surface area contributed by atoms with Crippen molar-refractivity contribution in [3.05, 3.63) is 48.0 Å². The average Bonchev–Trinajstić information content (AvgIpc) is 3.15. The summed E-state index contributed by atoms with van der Waals surface area (Å²) >= 11 is 0. The highest BCUT2D eigenvalue weighted by Crippen LogP contribution is 2.49. The fraction of sp³-hybridized carbons (Fsp3) is 0.529. The lowest BCUT2D eigenvalue weighted by atomic mass is 9.95. The molecule has 2 aliphatic carbocycles. The van der Waals surface area contributed by atoms with Crippen LogP contribution in [0.4, 0.5) is 0 Å². The van der Waals surface area contributed by atoms with Crippen LogP contribution in [0.5, 0.6) is 0 Å². The van der Waals surface area contributed by atoms with Crippen molar-refractivity contribution in [3.8, 4) is 0 Å². The minimum Gasteiger partial charge on any atom is -0.310 e. The zero-order valence-corrected chi connectivity index (χ0v) is 12.3. The Morgan fingerprint density at radius 1 is 1.14 bits per heavy atom. The van der Waals surface area contributed by atoms with Gasteiger partial charge in [-0.1, -0.05) is 37.1 Å². The second-order valence-electron chi connectivity index (χ2n) is 6.49. The summed E-state index contributed by atoms with van der Waals surface area (Å²) in [5, 5.41) is 7.90. The summed E-state index contributed by atoms with van der Waals surface area (Å²) in [5.74, 6) is 2.02. The number of hydrogen-bond acceptors (Lipinski definition) is 3. The molecule has 0 radical (unpaired) electrons. The van der Waals surface area contributed by atoms with Crippen LogP contribution in [0.25, 0.3) is 0 Å². The lowest BCUT2D eigenvalue weighted by molar-refractivity contribution is 0.352. The predicted molar refractivity (Wildman–Crippen MR) is 81.6 cm³/mol. The Kier molecular flexibility index (Phi) is 3.47. The van der Waals surface area contributed by atoms with Gasteiger partial charge in [0.05, 0.1) is 6.54 Å². The van der Waals surface area contributed by atoms with Gasteiger partial charge in [0, 0.05) is 12.6 Å². The van der Waals surface area contributed by atoms with Crippen molar-refractivity contribution in [3.63, 3.8) is 0 Å². The molecule has 0 aliphatic heterocycles. The molecule has 1 heterocycles. The SMILES string of the molecule is c1ncn(Cc2ccc(CNC3CCC[C@@H]4C[C@H]34)cc2)n1. The van der Waals surface area contributed by atoms with Gasteiger partial charge in [-0.15, -0.1) is 0 Å². The fourth-order valence-corrected chi connectivity index (χ4v) is 3.68. The van der Waals surface area contributed by atoms with Crippen molar-refractivity contribution in [2.75, 3.05) is 0 Å². The van der Waals surface area contributed by atoms with Crippen molar-refractivity contribution >= 4 is 0 Å². The van der Waals surface area contributed by atoms with Gasteiger partial charge >= 0.3 is 0 Å². The lowest BCUT2D eigenvalue weighted by Gasteiger charge is -2.22. The summed E-state index contributed by atoms with van der Waals surface area (Å²) < 4.78 is 1.85. The zero-order chi connectivity index (χ0) is 14.1. The van der Waals surface area contributed by atoms with Gasteiger partial charge in [-0.05, 0) is 35.8 Å². The number of rotatable bonds is 5. The number of aromatic nitrogens is 3. The van der Waals surface area contributed by atoms with E-state index in [4.69, 9.17) is 0 Å². The Balaban J connectivity index is 1.31. The molecule has 0 saturated heterocycles. The van der Waals surface area contributed by atoms with Crippen LogP contribution in [0.2, 0.25) is 0 Å². The summed E-state index contributed by atoms with van der Waals surface area (Å²) in [7, 11) is 0. The van der Waals surface area contributed by atoms with Crippen LogP contribution in [0.3, 0.4) is 0 Å². The monoisotopic (exact) mass is 282 g/mol. The van der Waals surface area contributed by atoms with Crippen LogP contribution >= 0.6 is 0 Å². The molecule has 2 aromatic rings. The average molecular weight is 282 g/mol. The molecule has 1 N–H and O–H groups in total. The summed E-state index contributed by atoms with van der Waals surface area (Å²) in [6, 6.07) is 9.61. The normalized spacial score (nSPS) is 27.3. The quantitative estimate of drug-likeness (QED) is 0.916. The number of nitrogens with one attached hydrogen (secondary N) is 1. The van der Waals surface area contributed by atoms with Crippen molar-refractivity contribution in [2.24, 2.45) is 11.8 Å². The van der Waals surface area contributed by atoms with Gasteiger partial charge in [0.25, 0.3) is 0 Å². The van der Waals surface area contributed by atoms with Crippen molar-refractivity contribution in [2.45, 2.75) is 44.8 Å². The standard InChI is InChI=1S/C17H22N4/c1-2-15-8-16(15)17(3-1)19-9-13-4-6-14(7-5-13)10-21-12-18-11-20-21/h4-7,11-12,15-17,19H,1-3,8-10H2/t15-,16+,17?/m1/s1. The van der Waals surface area contributed by atoms with E-state index in [0.29, 0.717) is 0 Å². The van der Waals surface area contributed by atoms with Crippen LogP contribution in [0.15, 0.2) is 36.9 Å². The first kappa shape index (κ1) is 13.0. The highest BCUT2D eigenvalue weighted by molar-refractivity contribution is 5.22. The Hall–Kier alpha value is -1.68. The summed E-state index contributed by atoms with van der Waals surface area (Å²) in [6.45, 7) is 1.79. The molecular weight excluding hydrogens is 260 g/mol. The second kappa shape index (κ2) is 5.60. The van der Waals surface area contributed by atoms with Crippen molar-refractivity contribution in [1.29, 1.82) is 0 Å². The van der Waals surface area contributed by atoms with Crippen LogP contribution in [0.1, 0.15) is 36.8 Å². The van der Waals surface area contributed by atoms with Gasteiger partial charge in [0.2, 0.25) is 0 Å². The van der Waals surface area contributed by atoms with E-state index in [9.17, 15) is 0 Å². The molecule has 110 valence electrons. The second-order valence-corrected chi connectivity index (χ2v) is 6.49. The first-order chi connectivity index (χ1) is 10.4. The van der Waals surface area contributed by atoms with E-state index in [2.05, 4.69) is 39.7 Å². The number of hydrogen-bond donors (Lipinski definition) is 1. The molecule has 2 aliphatic rings. The zero-order valence-electron chi connectivity index (χ0n) is 12.3. The Morgan fingerprint density at radius 2 is 2.00 bits per heavy atom. The molecule has 1 unspecified atom stereocenters. The largest absolute Gasteiger partial charge is 0.310 e. The molecule has 4 rings (SSSR count). The van der Waals surface area contributed by atoms with Crippen molar-refractivity contribution < 1.29 is 0 Å². The molecule has 0 spiro atoms. The van der Waals surface area contributed by atoms with Crippen LogP contribution in [-0.4, -0.2) is 20.8 Å². The summed E-state index contributed by atoms with van der Waals surface area (Å²) in [5.41, 5.74) is 2.64. The van der Waals surface area contributed by atoms with Crippen LogP contribution in [0, 0.1) is 11.8 Å². The number of fused-ring (bicyclic) bond motifs is 1. The third-order valence-electron chi connectivity index (χ3n) is 4.99. The van der Waals surface area contributed by atoms with E-state index in [1.165, 1.54) is 36.8 Å². The maximum absolute atomic E-state index is 4.14. The van der Waals surface area contributed by atoms with E-state index >= 15 is 0 Å². The van der Waals surface area contributed by atoms with E-state index in [1.807, 2.05) is 4.68 Å². The minimum atomic E-state index is 0.763. The van der Waals surface area contributed by atoms with Gasteiger partial charge in [-0.2, -0.15) is 5.10 Å². The lowest BCUT2D eigenvalue weighted by Crippen LogP contribution is -2.33. The van der Waals surface area contributed by atoms with Crippen LogP contribution < -0.4 is 5.32 Å². The molecular formula is C17H22N4. The molecule has 0 amide bonds. The first-order valence-electron chi connectivity index (χ1n) is 8.02. The number of benzene rings is 1. The third-order valence-corrected chi connectivity index (χ3v) is 4.99. The highest BCUT2D eigenvalue weighted by atomic mass is 15.3. The van der Waals surface area contributed by atoms with Gasteiger partial charge in [0.15, 0.2) is 0 Å². The minimum absolute atomic E-state index is 0.763. The summed E-state index contributed by atoms with van der Waals surface area (Å²) in [6.07, 6.45) is 9.05. The van der Waals surface area contributed by atoms with E-state index in [0.717, 1.165) is 31.0 Å². The molecule has 2 saturated carbocycles. The van der Waals surface area contributed by atoms with Gasteiger partial charge < -0.3 is 5.32 Å². The van der Waals surface area contributed by atoms with Gasteiger partial charge in [-0.3, -0.25) is 0 Å². The molecule has 1 aromatic carbocycles. The molecule has 1 aromatic heterocycles. The van der Waals surface area contributed by atoms with Crippen LogP contribution in [-0.2, 0) is 13.1 Å². The van der Waals surface area contributed by atoms with Gasteiger partial charge in [-0.25, -0.2) is 9.67 Å². The Bertz CT molecular complexity index is 575. The third kappa shape index (κ3) is 3.00. The summed E-state index contributed by atoms with van der Waals surface area (Å²) in [4.78, 5) is 3.97. The van der Waals surface area contributed by atoms with E-state index in [-0.39, 0.29) is 0 Å². The molecule has 4 nitrogen and oxygen atoms in total. The first-order valence-corrected chi connectivity index (χ1v) is 8.02. The molecule has 21 heavy (non-hydrogen) atoms. The van der Waals surface area contributed by atoms with E-state index < -0.39 is 0 Å². The smallest absolute Gasteiger partial charge is 0.137 e. The fourth-order valence-electron chi connectivity index (χ4n) is 3.68.